The second kappa shape index (κ2) is 10.0. The van der Waals surface area contributed by atoms with Crippen molar-refractivity contribution in [2.75, 3.05) is 19.5 Å². The van der Waals surface area contributed by atoms with Gasteiger partial charge in [-0.25, -0.2) is 0 Å². The zero-order valence-electron chi connectivity index (χ0n) is 17.3. The summed E-state index contributed by atoms with van der Waals surface area (Å²) in [6.07, 6.45) is 6.50. The number of aliphatic imine (C=N–C) groups is 1. The van der Waals surface area contributed by atoms with Gasteiger partial charge in [0.25, 0.3) is 5.91 Å². The topological polar surface area (TPSA) is 59.9 Å². The van der Waals surface area contributed by atoms with E-state index in [1.807, 2.05) is 48.5 Å². The molecule has 1 N–H and O–H groups in total. The van der Waals surface area contributed by atoms with Gasteiger partial charge in [0.1, 0.15) is 11.5 Å². The molecule has 1 fully saturated rings. The summed E-state index contributed by atoms with van der Waals surface area (Å²) in [6.45, 7) is 0.770. The third kappa shape index (κ3) is 5.36. The average Bonchev–Trinajstić information content (AvgIpc) is 3.27. The fourth-order valence-corrected chi connectivity index (χ4v) is 4.83. The van der Waals surface area contributed by atoms with E-state index >= 15 is 0 Å². The maximum absolute atomic E-state index is 12.6. The predicted octanol–water partition coefficient (Wildman–Crippen LogP) is 5.23. The van der Waals surface area contributed by atoms with Crippen molar-refractivity contribution in [3.8, 4) is 11.5 Å². The number of carbonyl (C=O) groups is 1. The number of thioether (sulfide) groups is 1. The number of carbonyl (C=O) groups excluding carboxylic acids is 1. The minimum absolute atomic E-state index is 0.0479. The Bertz CT molecular complexity index is 874. The van der Waals surface area contributed by atoms with Gasteiger partial charge in [-0.1, -0.05) is 43.2 Å². The molecule has 1 heterocycles. The number of rotatable bonds is 6. The van der Waals surface area contributed by atoms with Gasteiger partial charge in [0.15, 0.2) is 5.17 Å². The minimum atomic E-state index is -0.143. The van der Waals surface area contributed by atoms with Crippen LogP contribution in [0.15, 0.2) is 53.5 Å². The summed E-state index contributed by atoms with van der Waals surface area (Å²) >= 11 is 1.57. The molecule has 0 spiro atoms. The molecule has 0 saturated heterocycles. The first-order valence-corrected chi connectivity index (χ1v) is 11.6. The molecule has 1 unspecified atom stereocenters. The zero-order chi connectivity index (χ0) is 20.8. The Hall–Kier alpha value is -2.47. The van der Waals surface area contributed by atoms with E-state index in [9.17, 15) is 4.79 Å². The highest BCUT2D eigenvalue weighted by Crippen LogP contribution is 2.30. The van der Waals surface area contributed by atoms with E-state index in [2.05, 4.69) is 10.3 Å². The first-order chi connectivity index (χ1) is 14.7. The number of benzene rings is 2. The minimum Gasteiger partial charge on any atom is -0.497 e. The number of hydrogen-bond donors (Lipinski definition) is 1. The van der Waals surface area contributed by atoms with Crippen molar-refractivity contribution in [3.05, 3.63) is 59.7 Å². The Labute approximate surface area is 182 Å². The summed E-state index contributed by atoms with van der Waals surface area (Å²) in [5.74, 6) is 2.99. The first kappa shape index (κ1) is 20.8. The van der Waals surface area contributed by atoms with Gasteiger partial charge in [-0.2, -0.15) is 0 Å². The number of amidine groups is 1. The highest BCUT2D eigenvalue weighted by atomic mass is 32.2. The lowest BCUT2D eigenvalue weighted by atomic mass is 9.90. The summed E-state index contributed by atoms with van der Waals surface area (Å²) in [4.78, 5) is 17.2. The second-order valence-corrected chi connectivity index (χ2v) is 8.84. The molecule has 1 amide bonds. The molecule has 0 bridgehead atoms. The summed E-state index contributed by atoms with van der Waals surface area (Å²) in [7, 11) is 1.65. The van der Waals surface area contributed by atoms with Gasteiger partial charge in [-0.15, -0.1) is 0 Å². The molecule has 5 nitrogen and oxygen atoms in total. The van der Waals surface area contributed by atoms with Crippen molar-refractivity contribution >= 4 is 22.8 Å². The largest absolute Gasteiger partial charge is 0.497 e. The maximum atomic E-state index is 12.6. The van der Waals surface area contributed by atoms with Crippen LogP contribution < -0.4 is 14.8 Å². The summed E-state index contributed by atoms with van der Waals surface area (Å²) < 4.78 is 11.1. The molecule has 6 heteroatoms. The van der Waals surface area contributed by atoms with E-state index in [0.717, 1.165) is 29.4 Å². The summed E-state index contributed by atoms with van der Waals surface area (Å²) in [5.41, 5.74) is 1.73. The summed E-state index contributed by atoms with van der Waals surface area (Å²) in [5, 5.41) is 3.59. The number of hydrogen-bond acceptors (Lipinski definition) is 5. The van der Waals surface area contributed by atoms with Crippen LogP contribution in [0.2, 0.25) is 0 Å². The van der Waals surface area contributed by atoms with E-state index < -0.39 is 0 Å². The number of nitrogens with zero attached hydrogens (tertiary/aromatic N) is 1. The molecule has 1 atom stereocenters. The molecule has 158 valence electrons. The number of amides is 1. The molecule has 1 aliphatic heterocycles. The summed E-state index contributed by atoms with van der Waals surface area (Å²) in [6, 6.07) is 15.3. The van der Waals surface area contributed by atoms with Gasteiger partial charge in [0, 0.05) is 11.3 Å². The Morgan fingerprint density at radius 2 is 1.73 bits per heavy atom. The van der Waals surface area contributed by atoms with Gasteiger partial charge < -0.3 is 14.8 Å². The van der Waals surface area contributed by atoms with Gasteiger partial charge in [-0.05, 0) is 60.7 Å². The highest BCUT2D eigenvalue weighted by Gasteiger charge is 2.22. The van der Waals surface area contributed by atoms with E-state index in [0.29, 0.717) is 16.6 Å². The molecular weight excluding hydrogens is 396 g/mol. The normalized spacial score (nSPS) is 19.2. The predicted molar refractivity (Wildman–Crippen MR) is 122 cm³/mol. The lowest BCUT2D eigenvalue weighted by molar-refractivity contribution is 0.0978. The fourth-order valence-electron chi connectivity index (χ4n) is 3.88. The van der Waals surface area contributed by atoms with Crippen LogP contribution in [0.4, 0.5) is 0 Å². The molecule has 4 rings (SSSR count). The van der Waals surface area contributed by atoms with Crippen molar-refractivity contribution in [1.29, 1.82) is 0 Å². The molecule has 0 radical (unpaired) electrons. The smallest absolute Gasteiger partial charge is 0.257 e. The van der Waals surface area contributed by atoms with Gasteiger partial charge in [0.05, 0.1) is 19.8 Å². The van der Waals surface area contributed by atoms with E-state index in [1.54, 1.807) is 18.9 Å². The molecule has 2 aromatic rings. The number of methoxy groups -OCH3 is 1. The standard InChI is InChI=1S/C24H28N2O3S/c1-28-20-11-7-18(8-12-20)22-16-30-24(25-22)26-23(27)19-9-13-21(14-10-19)29-15-17-5-3-2-4-6-17/h7-14,17,22H,2-6,15-16H2,1H3,(H,25,26,27). The van der Waals surface area contributed by atoms with Gasteiger partial charge in [0.2, 0.25) is 0 Å². The van der Waals surface area contributed by atoms with Crippen LogP contribution in [0.1, 0.15) is 54.1 Å². The average molecular weight is 425 g/mol. The third-order valence-electron chi connectivity index (χ3n) is 5.70. The lowest BCUT2D eigenvalue weighted by Gasteiger charge is -2.21. The van der Waals surface area contributed by atoms with Crippen LogP contribution in [-0.4, -0.2) is 30.5 Å². The van der Waals surface area contributed by atoms with E-state index in [4.69, 9.17) is 9.47 Å². The number of nitrogens with one attached hydrogen (secondary N) is 1. The van der Waals surface area contributed by atoms with E-state index in [1.165, 1.54) is 32.1 Å². The van der Waals surface area contributed by atoms with Crippen molar-refractivity contribution in [1.82, 2.24) is 5.32 Å². The Kier molecular flexibility index (Phi) is 6.95. The fraction of sp³-hybridized carbons (Fsp3) is 0.417. The van der Waals surface area contributed by atoms with Crippen LogP contribution in [0, 0.1) is 5.92 Å². The second-order valence-electron chi connectivity index (χ2n) is 7.83. The van der Waals surface area contributed by atoms with Crippen molar-refractivity contribution < 1.29 is 14.3 Å². The van der Waals surface area contributed by atoms with Gasteiger partial charge >= 0.3 is 0 Å². The molecule has 1 saturated carbocycles. The molecular formula is C24H28N2O3S. The monoisotopic (exact) mass is 424 g/mol. The first-order valence-electron chi connectivity index (χ1n) is 10.6. The highest BCUT2D eigenvalue weighted by molar-refractivity contribution is 8.14. The Balaban J connectivity index is 1.29. The third-order valence-corrected chi connectivity index (χ3v) is 6.66. The van der Waals surface area contributed by atoms with Gasteiger partial charge in [-0.3, -0.25) is 9.79 Å². The van der Waals surface area contributed by atoms with Crippen molar-refractivity contribution in [2.45, 2.75) is 38.1 Å². The SMILES string of the molecule is COc1ccc(C2CSC(NC(=O)c3ccc(OCC4CCCCC4)cc3)=N2)cc1. The van der Waals surface area contributed by atoms with Crippen molar-refractivity contribution in [2.24, 2.45) is 10.9 Å². The Morgan fingerprint density at radius 3 is 2.43 bits per heavy atom. The molecule has 2 aliphatic rings. The molecule has 30 heavy (non-hydrogen) atoms. The molecule has 0 aromatic heterocycles. The molecule has 1 aliphatic carbocycles. The Morgan fingerprint density at radius 1 is 1.03 bits per heavy atom. The van der Waals surface area contributed by atoms with Crippen molar-refractivity contribution in [3.63, 3.8) is 0 Å². The number of ether oxygens (including phenoxy) is 2. The van der Waals surface area contributed by atoms with Crippen LogP contribution in [0.3, 0.4) is 0 Å². The zero-order valence-corrected chi connectivity index (χ0v) is 18.1. The van der Waals surface area contributed by atoms with Crippen LogP contribution in [0.25, 0.3) is 0 Å². The maximum Gasteiger partial charge on any atom is 0.257 e. The van der Waals surface area contributed by atoms with E-state index in [-0.39, 0.29) is 11.9 Å². The molecule has 2 aromatic carbocycles. The van der Waals surface area contributed by atoms with Crippen LogP contribution in [0.5, 0.6) is 11.5 Å². The lowest BCUT2D eigenvalue weighted by Crippen LogP contribution is -2.27. The van der Waals surface area contributed by atoms with Crippen LogP contribution in [-0.2, 0) is 0 Å². The van der Waals surface area contributed by atoms with Crippen LogP contribution >= 0.6 is 11.8 Å². The quantitative estimate of drug-likeness (QED) is 0.690.